The highest BCUT2D eigenvalue weighted by molar-refractivity contribution is 6.24. The lowest BCUT2D eigenvalue weighted by molar-refractivity contribution is -0.129. The van der Waals surface area contributed by atoms with Crippen molar-refractivity contribution in [2.75, 3.05) is 26.2 Å². The van der Waals surface area contributed by atoms with Gasteiger partial charge >= 0.3 is 11.4 Å². The Morgan fingerprint density at radius 3 is 2.30 bits per heavy atom. The highest BCUT2D eigenvalue weighted by Crippen LogP contribution is 2.63. The molecule has 1 aliphatic carbocycles. The first-order valence-corrected chi connectivity index (χ1v) is 17.5. The van der Waals surface area contributed by atoms with Crippen molar-refractivity contribution >= 4 is 28.5 Å². The number of carbonyl (C=O) groups excluding carboxylic acids is 2. The van der Waals surface area contributed by atoms with E-state index in [2.05, 4.69) is 4.98 Å². The van der Waals surface area contributed by atoms with Crippen LogP contribution >= 0.6 is 0 Å². The van der Waals surface area contributed by atoms with Gasteiger partial charge in [0.05, 0.1) is 62.0 Å². The molecule has 4 heterocycles. The second-order valence-electron chi connectivity index (χ2n) is 13.9. The van der Waals surface area contributed by atoms with Crippen molar-refractivity contribution in [1.82, 2.24) is 23.5 Å². The van der Waals surface area contributed by atoms with Crippen LogP contribution in [-0.2, 0) is 36.1 Å². The molecule has 278 valence electrons. The fourth-order valence-electron chi connectivity index (χ4n) is 8.74. The number of hydrogen-bond donors (Lipinski definition) is 1. The fourth-order valence-corrected chi connectivity index (χ4v) is 8.74. The number of allylic oxidation sites excluding steroid dienone is 2. The van der Waals surface area contributed by atoms with Crippen LogP contribution in [0.15, 0.2) is 86.7 Å². The Morgan fingerprint density at radius 2 is 1.59 bits per heavy atom. The van der Waals surface area contributed by atoms with Gasteiger partial charge in [0.15, 0.2) is 11.5 Å². The van der Waals surface area contributed by atoms with Crippen molar-refractivity contribution in [3.63, 3.8) is 0 Å². The molecule has 1 N–H and O–H groups in total. The molecule has 54 heavy (non-hydrogen) atoms. The van der Waals surface area contributed by atoms with Crippen molar-refractivity contribution in [3.05, 3.63) is 115 Å². The third-order valence-corrected chi connectivity index (χ3v) is 11.4. The Morgan fingerprint density at radius 1 is 0.889 bits per heavy atom. The van der Waals surface area contributed by atoms with Gasteiger partial charge in [-0.3, -0.25) is 14.4 Å². The molecule has 5 aromatic rings. The molecule has 1 saturated heterocycles. The van der Waals surface area contributed by atoms with Crippen molar-refractivity contribution in [2.24, 2.45) is 18.4 Å². The highest BCUT2D eigenvalue weighted by Gasteiger charge is 2.66. The molecule has 1 saturated carbocycles. The number of rotatable bonds is 8. The van der Waals surface area contributed by atoms with Gasteiger partial charge in [0, 0.05) is 43.6 Å². The maximum Gasteiger partial charge on any atom is 0.347 e. The normalized spacial score (nSPS) is 21.8. The van der Waals surface area contributed by atoms with Crippen LogP contribution in [0.2, 0.25) is 0 Å². The molecule has 0 radical (unpaired) electrons. The molecular formula is C39H38N6O9. The third kappa shape index (κ3) is 4.80. The van der Waals surface area contributed by atoms with E-state index in [4.69, 9.17) is 14.2 Å². The summed E-state index contributed by atoms with van der Waals surface area (Å²) in [5.41, 5.74) is -0.543. The summed E-state index contributed by atoms with van der Waals surface area (Å²) in [7, 11) is 6.05. The number of nitrogens with zero attached hydrogens (tertiary/aromatic N) is 6. The molecule has 2 fully saturated rings. The number of aromatic hydroxyl groups is 1. The monoisotopic (exact) mass is 734 g/mol. The number of benzene rings is 3. The van der Waals surface area contributed by atoms with E-state index in [1.807, 2.05) is 0 Å². The van der Waals surface area contributed by atoms with Crippen LogP contribution in [-0.4, -0.2) is 61.7 Å². The number of methoxy groups -OCH3 is 3. The van der Waals surface area contributed by atoms with Gasteiger partial charge in [0.2, 0.25) is 11.8 Å². The first-order chi connectivity index (χ1) is 26.0. The first kappa shape index (κ1) is 34.7. The lowest BCUT2D eigenvalue weighted by Gasteiger charge is -2.47. The van der Waals surface area contributed by atoms with E-state index in [9.17, 15) is 29.1 Å². The van der Waals surface area contributed by atoms with Crippen molar-refractivity contribution in [3.8, 4) is 23.0 Å². The van der Waals surface area contributed by atoms with Gasteiger partial charge in [-0.05, 0) is 43.2 Å². The lowest BCUT2D eigenvalue weighted by atomic mass is 9.56. The summed E-state index contributed by atoms with van der Waals surface area (Å²) in [6, 6.07) is 15.9. The molecule has 2 aromatic heterocycles. The highest BCUT2D eigenvalue weighted by atomic mass is 16.5. The van der Waals surface area contributed by atoms with E-state index in [1.165, 1.54) is 46.2 Å². The number of aromatic nitrogens is 5. The van der Waals surface area contributed by atoms with Crippen LogP contribution < -0.4 is 36.0 Å². The van der Waals surface area contributed by atoms with Gasteiger partial charge in [-0.15, -0.1) is 0 Å². The average molecular weight is 735 g/mol. The summed E-state index contributed by atoms with van der Waals surface area (Å²) < 4.78 is 21.7. The minimum atomic E-state index is -1.38. The van der Waals surface area contributed by atoms with Crippen molar-refractivity contribution < 1.29 is 28.9 Å². The average Bonchev–Trinajstić information content (AvgIpc) is 3.54. The molecule has 3 aliphatic rings. The second kappa shape index (κ2) is 12.6. The molecule has 0 unspecified atom stereocenters. The van der Waals surface area contributed by atoms with E-state index in [0.29, 0.717) is 45.1 Å². The molecule has 15 heteroatoms. The zero-order chi connectivity index (χ0) is 38.2. The summed E-state index contributed by atoms with van der Waals surface area (Å²) in [4.78, 5) is 76.5. The molecule has 4 atom stereocenters. The maximum absolute atomic E-state index is 14.6. The molecule has 2 amide bonds. The van der Waals surface area contributed by atoms with Crippen molar-refractivity contribution in [1.29, 1.82) is 0 Å². The number of phenols is 1. The number of imide groups is 1. The minimum Gasteiger partial charge on any atom is -0.508 e. The zero-order valence-corrected chi connectivity index (χ0v) is 30.3. The van der Waals surface area contributed by atoms with Gasteiger partial charge in [0.25, 0.3) is 5.56 Å². The first-order valence-electron chi connectivity index (χ1n) is 17.5. The number of carbonyl (C=O) groups is 2. The number of anilines is 1. The van der Waals surface area contributed by atoms with Crippen LogP contribution in [0.3, 0.4) is 0 Å². The predicted octanol–water partition coefficient (Wildman–Crippen LogP) is 2.90. The molecule has 15 nitrogen and oxygen atoms in total. The minimum absolute atomic E-state index is 0.0117. The maximum atomic E-state index is 14.6. The zero-order valence-electron chi connectivity index (χ0n) is 30.3. The summed E-state index contributed by atoms with van der Waals surface area (Å²) in [6.45, 7) is 1.57. The standard InChI is InChI=1S/C39H38N6O9/c1-39-23(34(47)44(36(39)49)21-10-7-6-8-11-21)18-26-22(33(39)32-28(46)12-9-13-29(32)52-3)14-17-43-37(50)42(38(51)45(26)43)16-15-24-35(48)41(2)27-20-31(54-5)30(53-4)19-25(27)40-24/h6-14,19-20,23,26,33,46H,15-18H2,1-5H3/t23-,26+,33+,39+/m0/s1. The number of ether oxygens (including phenoxy) is 3. The van der Waals surface area contributed by atoms with E-state index in [1.54, 1.807) is 74.6 Å². The van der Waals surface area contributed by atoms with Crippen molar-refractivity contribution in [2.45, 2.75) is 44.8 Å². The van der Waals surface area contributed by atoms with Crippen LogP contribution in [0, 0.1) is 11.3 Å². The van der Waals surface area contributed by atoms with Crippen LogP contribution in [0.25, 0.3) is 11.0 Å². The topological polar surface area (TPSA) is 169 Å². The summed E-state index contributed by atoms with van der Waals surface area (Å²) in [5, 5.41) is 11.4. The molecular weight excluding hydrogens is 696 g/mol. The Kier molecular flexibility index (Phi) is 8.12. The third-order valence-electron chi connectivity index (χ3n) is 11.4. The Hall–Kier alpha value is -6.38. The van der Waals surface area contributed by atoms with Crippen LogP contribution in [0.1, 0.15) is 36.6 Å². The number of hydrogen-bond acceptors (Lipinski definition) is 10. The number of amides is 2. The van der Waals surface area contributed by atoms with Crippen LogP contribution in [0.5, 0.6) is 23.0 Å². The Bertz CT molecular complexity index is 2600. The number of phenolic OH excluding ortho intramolecular Hbond substituents is 1. The Balaban J connectivity index is 1.22. The van der Waals surface area contributed by atoms with Gasteiger partial charge in [0.1, 0.15) is 17.2 Å². The van der Waals surface area contributed by atoms with Gasteiger partial charge < -0.3 is 23.9 Å². The van der Waals surface area contributed by atoms with E-state index in [-0.39, 0.29) is 37.4 Å². The summed E-state index contributed by atoms with van der Waals surface area (Å²) in [5.74, 6) is -1.66. The van der Waals surface area contributed by atoms with Gasteiger partial charge in [-0.1, -0.05) is 30.3 Å². The van der Waals surface area contributed by atoms with E-state index < -0.39 is 52.0 Å². The second-order valence-corrected chi connectivity index (χ2v) is 13.9. The van der Waals surface area contributed by atoms with E-state index >= 15 is 0 Å². The molecule has 0 spiro atoms. The summed E-state index contributed by atoms with van der Waals surface area (Å²) >= 11 is 0. The van der Waals surface area contributed by atoms with Gasteiger partial charge in [-0.25, -0.2) is 33.4 Å². The molecule has 8 rings (SSSR count). The molecule has 0 bridgehead atoms. The fraction of sp³-hybridized carbons (Fsp3) is 0.333. The number of fused-ring (bicyclic) bond motifs is 5. The smallest absolute Gasteiger partial charge is 0.347 e. The Labute approximate surface area is 307 Å². The number of aryl methyl sites for hydroxylation is 2. The van der Waals surface area contributed by atoms with Crippen LogP contribution in [0.4, 0.5) is 5.69 Å². The predicted molar refractivity (Wildman–Crippen MR) is 196 cm³/mol. The SMILES string of the molecule is COc1cc2nc(CCn3c(=O)n4n(c3=O)[C@@H]3C[C@H]5C(=O)N(c6ccccc6)C(=O)[C@@]5(C)[C@@H](c5c(O)cccc5OC)C3=CC4)c(=O)n(C)c2cc1OC. The number of para-hydroxylation sites is 1. The van der Waals surface area contributed by atoms with E-state index in [0.717, 1.165) is 4.57 Å². The largest absolute Gasteiger partial charge is 0.508 e. The molecule has 2 aliphatic heterocycles. The molecule has 3 aromatic carbocycles. The van der Waals surface area contributed by atoms with Gasteiger partial charge in [-0.2, -0.15) is 0 Å². The summed E-state index contributed by atoms with van der Waals surface area (Å²) in [6.07, 6.45) is 1.82. The quantitative estimate of drug-likeness (QED) is 0.185. The lowest BCUT2D eigenvalue weighted by Crippen LogP contribution is -2.49.